The van der Waals surface area contributed by atoms with Crippen molar-refractivity contribution in [3.05, 3.63) is 23.9 Å². The van der Waals surface area contributed by atoms with Crippen LogP contribution in [0.1, 0.15) is 12.1 Å². The van der Waals surface area contributed by atoms with Gasteiger partial charge < -0.3 is 10.2 Å². The molecule has 0 bridgehead atoms. The fourth-order valence-corrected chi connectivity index (χ4v) is 1.67. The molecule has 0 aliphatic rings. The summed E-state index contributed by atoms with van der Waals surface area (Å²) in [5.74, 6) is -0.683. The highest BCUT2D eigenvalue weighted by molar-refractivity contribution is 5.82. The summed E-state index contributed by atoms with van der Waals surface area (Å²) in [4.78, 5) is 10.5. The number of phenolic OH excluding ortho intramolecular Hbond substituents is 1. The lowest BCUT2D eigenvalue weighted by Gasteiger charge is -2.00. The number of benzene rings is 1. The summed E-state index contributed by atoms with van der Waals surface area (Å²) in [7, 11) is 0. The van der Waals surface area contributed by atoms with Crippen molar-refractivity contribution >= 4 is 16.9 Å². The van der Waals surface area contributed by atoms with E-state index in [9.17, 15) is 9.90 Å². The average Bonchev–Trinajstić information content (AvgIpc) is 2.52. The lowest BCUT2D eigenvalue weighted by molar-refractivity contribution is -0.137. The molecule has 1 aromatic carbocycles. The molecule has 0 aliphatic carbocycles. The molecule has 0 unspecified atom stereocenters. The van der Waals surface area contributed by atoms with Crippen LogP contribution >= 0.6 is 0 Å². The number of nitrogens with zero attached hydrogens (tertiary/aromatic N) is 2. The Kier molecular flexibility index (Phi) is 2.52. The largest absolute Gasteiger partial charge is 0.508 e. The highest BCUT2D eigenvalue weighted by atomic mass is 16.4. The maximum atomic E-state index is 10.5. The summed E-state index contributed by atoms with van der Waals surface area (Å²) >= 11 is 0. The number of carboxylic acid groups (broad SMARTS) is 1. The van der Waals surface area contributed by atoms with Crippen molar-refractivity contribution in [1.82, 2.24) is 9.78 Å². The Bertz CT molecular complexity index is 545. The summed E-state index contributed by atoms with van der Waals surface area (Å²) in [5.41, 5.74) is 1.60. The van der Waals surface area contributed by atoms with Crippen LogP contribution in [0.4, 0.5) is 0 Å². The van der Waals surface area contributed by atoms with Crippen LogP contribution < -0.4 is 0 Å². The molecule has 2 rings (SSSR count). The van der Waals surface area contributed by atoms with Crippen LogP contribution in [-0.2, 0) is 11.3 Å². The second kappa shape index (κ2) is 3.84. The first-order valence-electron chi connectivity index (χ1n) is 4.96. The Morgan fingerprint density at radius 1 is 1.50 bits per heavy atom. The van der Waals surface area contributed by atoms with Gasteiger partial charge in [-0.15, -0.1) is 0 Å². The molecule has 0 radical (unpaired) electrons. The molecule has 0 amide bonds. The zero-order chi connectivity index (χ0) is 11.7. The van der Waals surface area contributed by atoms with Crippen LogP contribution in [0.5, 0.6) is 5.75 Å². The number of phenols is 1. The van der Waals surface area contributed by atoms with Crippen LogP contribution in [0.25, 0.3) is 10.9 Å². The average molecular weight is 220 g/mol. The molecule has 2 N–H and O–H groups in total. The molecular formula is C11H12N2O3. The number of rotatable bonds is 3. The highest BCUT2D eigenvalue weighted by Crippen LogP contribution is 2.22. The smallest absolute Gasteiger partial charge is 0.305 e. The maximum absolute atomic E-state index is 10.5. The van der Waals surface area contributed by atoms with Gasteiger partial charge >= 0.3 is 5.97 Å². The fourth-order valence-electron chi connectivity index (χ4n) is 1.67. The first-order valence-corrected chi connectivity index (χ1v) is 4.96. The quantitative estimate of drug-likeness (QED) is 0.822. The number of hydrogen-bond acceptors (Lipinski definition) is 3. The highest BCUT2D eigenvalue weighted by Gasteiger charge is 2.08. The Morgan fingerprint density at radius 2 is 2.25 bits per heavy atom. The summed E-state index contributed by atoms with van der Waals surface area (Å²) in [6, 6.07) is 4.95. The summed E-state index contributed by atoms with van der Waals surface area (Å²) in [5, 5.41) is 23.1. The number of hydrogen-bond donors (Lipinski definition) is 2. The molecule has 1 heterocycles. The predicted octanol–water partition coefficient (Wildman–Crippen LogP) is 1.53. The van der Waals surface area contributed by atoms with Crippen molar-refractivity contribution in [1.29, 1.82) is 0 Å². The molecule has 0 spiro atoms. The normalized spacial score (nSPS) is 10.8. The van der Waals surface area contributed by atoms with Crippen LogP contribution in [0, 0.1) is 6.92 Å². The van der Waals surface area contributed by atoms with E-state index >= 15 is 0 Å². The van der Waals surface area contributed by atoms with E-state index in [1.54, 1.807) is 22.9 Å². The second-order valence-corrected chi connectivity index (χ2v) is 3.65. The molecule has 0 aliphatic heterocycles. The minimum absolute atomic E-state index is 0.0425. The zero-order valence-electron chi connectivity index (χ0n) is 8.84. The minimum atomic E-state index is -0.846. The van der Waals surface area contributed by atoms with Crippen molar-refractivity contribution in [3.8, 4) is 5.75 Å². The standard InChI is InChI=1S/C11H12N2O3/c1-7-9-3-2-8(14)6-10(9)12-13(7)5-4-11(15)16/h2-3,6,14H,4-5H2,1H3,(H,15,16). The van der Waals surface area contributed by atoms with Crippen LogP contribution in [0.15, 0.2) is 18.2 Å². The summed E-state index contributed by atoms with van der Waals surface area (Å²) in [6.07, 6.45) is 0.0425. The number of aliphatic carboxylic acids is 1. The number of fused-ring (bicyclic) bond motifs is 1. The Balaban J connectivity index is 2.39. The van der Waals surface area contributed by atoms with Crippen molar-refractivity contribution in [2.75, 3.05) is 0 Å². The van der Waals surface area contributed by atoms with Crippen molar-refractivity contribution in [2.45, 2.75) is 19.9 Å². The van der Waals surface area contributed by atoms with E-state index in [-0.39, 0.29) is 12.2 Å². The maximum Gasteiger partial charge on any atom is 0.305 e. The molecule has 5 heteroatoms. The Labute approximate surface area is 91.9 Å². The third kappa shape index (κ3) is 1.84. The molecule has 1 aromatic heterocycles. The summed E-state index contributed by atoms with van der Waals surface area (Å²) < 4.78 is 1.65. The van der Waals surface area contributed by atoms with E-state index in [0.717, 1.165) is 11.1 Å². The number of aryl methyl sites for hydroxylation is 2. The van der Waals surface area contributed by atoms with E-state index in [1.165, 1.54) is 0 Å². The number of carbonyl (C=O) groups is 1. The molecule has 16 heavy (non-hydrogen) atoms. The molecule has 5 nitrogen and oxygen atoms in total. The van der Waals surface area contributed by atoms with Gasteiger partial charge in [0.2, 0.25) is 0 Å². The van der Waals surface area contributed by atoms with Crippen LogP contribution in [-0.4, -0.2) is 26.0 Å². The Hall–Kier alpha value is -2.04. The van der Waals surface area contributed by atoms with Crippen LogP contribution in [0.3, 0.4) is 0 Å². The van der Waals surface area contributed by atoms with Crippen molar-refractivity contribution in [3.63, 3.8) is 0 Å². The third-order valence-electron chi connectivity index (χ3n) is 2.52. The fraction of sp³-hybridized carbons (Fsp3) is 0.273. The van der Waals surface area contributed by atoms with E-state index in [0.29, 0.717) is 12.1 Å². The van der Waals surface area contributed by atoms with Gasteiger partial charge in [-0.3, -0.25) is 9.48 Å². The predicted molar refractivity (Wildman–Crippen MR) is 58.4 cm³/mol. The lowest BCUT2D eigenvalue weighted by atomic mass is 10.2. The van der Waals surface area contributed by atoms with Gasteiger partial charge in [0.1, 0.15) is 5.75 Å². The summed E-state index contributed by atoms with van der Waals surface area (Å²) in [6.45, 7) is 2.23. The number of aromatic hydroxyl groups is 1. The van der Waals surface area contributed by atoms with E-state index in [4.69, 9.17) is 5.11 Å². The molecule has 84 valence electrons. The van der Waals surface area contributed by atoms with Crippen molar-refractivity contribution < 1.29 is 15.0 Å². The number of carboxylic acids is 1. The number of aromatic nitrogens is 2. The molecule has 0 atom stereocenters. The monoisotopic (exact) mass is 220 g/mol. The van der Waals surface area contributed by atoms with Gasteiger partial charge in [-0.25, -0.2) is 0 Å². The zero-order valence-corrected chi connectivity index (χ0v) is 8.84. The third-order valence-corrected chi connectivity index (χ3v) is 2.52. The molecule has 2 aromatic rings. The SMILES string of the molecule is Cc1c2ccc(O)cc2nn1CCC(=O)O. The molecule has 0 saturated heterocycles. The van der Waals surface area contributed by atoms with Gasteiger partial charge in [-0.1, -0.05) is 0 Å². The Morgan fingerprint density at radius 3 is 2.94 bits per heavy atom. The van der Waals surface area contributed by atoms with E-state index < -0.39 is 5.97 Å². The molecule has 0 saturated carbocycles. The van der Waals surface area contributed by atoms with Crippen LogP contribution in [0.2, 0.25) is 0 Å². The second-order valence-electron chi connectivity index (χ2n) is 3.65. The molecular weight excluding hydrogens is 208 g/mol. The van der Waals surface area contributed by atoms with Gasteiger partial charge in [0.05, 0.1) is 18.5 Å². The first-order chi connectivity index (χ1) is 7.58. The van der Waals surface area contributed by atoms with Gasteiger partial charge in [0.25, 0.3) is 0 Å². The van der Waals surface area contributed by atoms with E-state index in [2.05, 4.69) is 5.10 Å². The van der Waals surface area contributed by atoms with Crippen molar-refractivity contribution in [2.24, 2.45) is 0 Å². The topological polar surface area (TPSA) is 75.4 Å². The van der Waals surface area contributed by atoms with Gasteiger partial charge in [-0.05, 0) is 19.1 Å². The minimum Gasteiger partial charge on any atom is -0.508 e. The van der Waals surface area contributed by atoms with Gasteiger partial charge in [0, 0.05) is 17.1 Å². The first kappa shape index (κ1) is 10.5. The van der Waals surface area contributed by atoms with E-state index in [1.807, 2.05) is 6.92 Å². The van der Waals surface area contributed by atoms with Gasteiger partial charge in [-0.2, -0.15) is 5.10 Å². The molecule has 0 fully saturated rings. The van der Waals surface area contributed by atoms with Gasteiger partial charge in [0.15, 0.2) is 0 Å². The lowest BCUT2D eigenvalue weighted by Crippen LogP contribution is -2.07.